The van der Waals surface area contributed by atoms with Crippen molar-refractivity contribution in [3.63, 3.8) is 0 Å². The number of carbonyl (C=O) groups is 1. The molecular formula is C26H30N2O4S. The highest BCUT2D eigenvalue weighted by atomic mass is 32.2. The van der Waals surface area contributed by atoms with Crippen LogP contribution in [0, 0.1) is 5.92 Å². The predicted molar refractivity (Wildman–Crippen MR) is 129 cm³/mol. The monoisotopic (exact) mass is 466 g/mol. The third-order valence-corrected chi connectivity index (χ3v) is 6.77. The molecule has 6 nitrogen and oxygen atoms in total. The summed E-state index contributed by atoms with van der Waals surface area (Å²) in [5, 5.41) is 1.08. The fourth-order valence-corrected chi connectivity index (χ4v) is 5.16. The molecular weight excluding hydrogens is 436 g/mol. The fraction of sp³-hybridized carbons (Fsp3) is 0.385. The number of nitrogens with one attached hydrogen (secondary N) is 1. The highest BCUT2D eigenvalue weighted by Gasteiger charge is 2.32. The molecule has 174 valence electrons. The molecule has 1 fully saturated rings. The van der Waals surface area contributed by atoms with Crippen LogP contribution in [0.5, 0.6) is 5.75 Å². The standard InChI is InChI=1S/C26H30N2O4S/c1-33(30,31)28-26(29)25(20-10-4-2-3-5-11-20)21-12-8-13-23(17-21)32-18-22-16-15-19-9-6-7-14-24(19)27-22/h6-9,12-17,20,25H,2-5,10-11,18H2,1H3,(H,28,29). The van der Waals surface area contributed by atoms with Gasteiger partial charge in [-0.1, -0.05) is 62.1 Å². The smallest absolute Gasteiger partial charge is 0.241 e. The van der Waals surface area contributed by atoms with Crippen molar-refractivity contribution in [2.75, 3.05) is 6.26 Å². The van der Waals surface area contributed by atoms with Crippen molar-refractivity contribution in [3.8, 4) is 5.75 Å². The summed E-state index contributed by atoms with van der Waals surface area (Å²) in [4.78, 5) is 17.7. The van der Waals surface area contributed by atoms with Gasteiger partial charge in [0, 0.05) is 5.39 Å². The second kappa shape index (κ2) is 10.3. The lowest BCUT2D eigenvalue weighted by atomic mass is 9.81. The quantitative estimate of drug-likeness (QED) is 0.498. The molecule has 4 rings (SSSR count). The van der Waals surface area contributed by atoms with Gasteiger partial charge in [-0.25, -0.2) is 13.4 Å². The van der Waals surface area contributed by atoms with Gasteiger partial charge in [0.1, 0.15) is 12.4 Å². The maximum Gasteiger partial charge on any atom is 0.241 e. The molecule has 0 saturated heterocycles. The lowest BCUT2D eigenvalue weighted by Crippen LogP contribution is -2.37. The molecule has 1 atom stereocenters. The topological polar surface area (TPSA) is 85.4 Å². The SMILES string of the molecule is CS(=O)(=O)NC(=O)C(c1cccc(OCc2ccc3ccccc3n2)c1)C1CCCCCC1. The largest absolute Gasteiger partial charge is 0.487 e. The maximum atomic E-state index is 13.0. The molecule has 0 bridgehead atoms. The molecule has 0 aliphatic heterocycles. The number of fused-ring (bicyclic) bond motifs is 1. The molecule has 3 aromatic rings. The van der Waals surface area contributed by atoms with Gasteiger partial charge in [0.25, 0.3) is 0 Å². The van der Waals surface area contributed by atoms with E-state index in [-0.39, 0.29) is 5.92 Å². The first-order chi connectivity index (χ1) is 15.9. The van der Waals surface area contributed by atoms with Crippen LogP contribution in [0.1, 0.15) is 55.7 Å². The normalized spacial score (nSPS) is 16.2. The van der Waals surface area contributed by atoms with Crippen molar-refractivity contribution in [1.29, 1.82) is 0 Å². The molecule has 0 spiro atoms. The van der Waals surface area contributed by atoms with E-state index < -0.39 is 21.8 Å². The molecule has 1 heterocycles. The van der Waals surface area contributed by atoms with E-state index in [2.05, 4.69) is 9.71 Å². The predicted octanol–water partition coefficient (Wildman–Crippen LogP) is 4.94. The van der Waals surface area contributed by atoms with E-state index in [9.17, 15) is 13.2 Å². The van der Waals surface area contributed by atoms with E-state index in [1.165, 1.54) is 0 Å². The number of amides is 1. The fourth-order valence-electron chi connectivity index (χ4n) is 4.67. The first kappa shape index (κ1) is 23.2. The van der Waals surface area contributed by atoms with Crippen molar-refractivity contribution < 1.29 is 17.9 Å². The number of rotatable bonds is 7. The van der Waals surface area contributed by atoms with Crippen LogP contribution in [0.3, 0.4) is 0 Å². The average Bonchev–Trinajstić information content (AvgIpc) is 3.06. The lowest BCUT2D eigenvalue weighted by Gasteiger charge is -2.26. The number of carbonyl (C=O) groups excluding carboxylic acids is 1. The number of benzene rings is 2. The summed E-state index contributed by atoms with van der Waals surface area (Å²) in [5.41, 5.74) is 2.51. The van der Waals surface area contributed by atoms with Crippen LogP contribution in [-0.2, 0) is 21.4 Å². The van der Waals surface area contributed by atoms with Crippen molar-refractivity contribution in [2.45, 2.75) is 51.0 Å². The Balaban J connectivity index is 1.55. The van der Waals surface area contributed by atoms with Crippen LogP contribution in [-0.4, -0.2) is 25.6 Å². The Kier molecular flexibility index (Phi) is 7.28. The van der Waals surface area contributed by atoms with E-state index in [1.54, 1.807) is 0 Å². The molecule has 1 unspecified atom stereocenters. The zero-order valence-corrected chi connectivity index (χ0v) is 19.7. The Labute approximate surface area is 195 Å². The number of aromatic nitrogens is 1. The van der Waals surface area contributed by atoms with Gasteiger partial charge in [0.2, 0.25) is 15.9 Å². The summed E-state index contributed by atoms with van der Waals surface area (Å²) in [6.07, 6.45) is 7.25. The van der Waals surface area contributed by atoms with Crippen LogP contribution in [0.25, 0.3) is 10.9 Å². The zero-order valence-electron chi connectivity index (χ0n) is 18.9. The van der Waals surface area contributed by atoms with Crippen molar-refractivity contribution in [3.05, 3.63) is 71.9 Å². The van der Waals surface area contributed by atoms with Crippen molar-refractivity contribution >= 4 is 26.8 Å². The van der Waals surface area contributed by atoms with Gasteiger partial charge in [0.15, 0.2) is 0 Å². The minimum Gasteiger partial charge on any atom is -0.487 e. The van der Waals surface area contributed by atoms with Crippen molar-refractivity contribution in [2.24, 2.45) is 5.92 Å². The Bertz CT molecular complexity index is 1220. The number of pyridine rings is 1. The highest BCUT2D eigenvalue weighted by Crippen LogP contribution is 2.36. The molecule has 1 N–H and O–H groups in total. The molecule has 7 heteroatoms. The Morgan fingerprint density at radius 1 is 1.03 bits per heavy atom. The average molecular weight is 467 g/mol. The lowest BCUT2D eigenvalue weighted by molar-refractivity contribution is -0.122. The minimum absolute atomic E-state index is 0.103. The van der Waals surface area contributed by atoms with Gasteiger partial charge < -0.3 is 4.74 Å². The summed E-state index contributed by atoms with van der Waals surface area (Å²) >= 11 is 0. The Morgan fingerprint density at radius 3 is 2.55 bits per heavy atom. The molecule has 1 aliphatic rings. The molecule has 33 heavy (non-hydrogen) atoms. The van der Waals surface area contributed by atoms with E-state index in [0.717, 1.165) is 66.9 Å². The van der Waals surface area contributed by atoms with Crippen LogP contribution in [0.4, 0.5) is 0 Å². The molecule has 1 aromatic heterocycles. The molecule has 1 saturated carbocycles. The van der Waals surface area contributed by atoms with Crippen LogP contribution in [0.15, 0.2) is 60.7 Å². The van der Waals surface area contributed by atoms with Crippen LogP contribution >= 0.6 is 0 Å². The van der Waals surface area contributed by atoms with Gasteiger partial charge in [-0.05, 0) is 48.6 Å². The number of hydrogen-bond acceptors (Lipinski definition) is 5. The molecule has 1 aliphatic carbocycles. The second-order valence-corrected chi connectivity index (χ2v) is 10.6. The highest BCUT2D eigenvalue weighted by molar-refractivity contribution is 7.89. The van der Waals surface area contributed by atoms with Gasteiger partial charge >= 0.3 is 0 Å². The molecule has 1 amide bonds. The third kappa shape index (κ3) is 6.32. The Hall–Kier alpha value is -2.93. The Morgan fingerprint density at radius 2 is 1.79 bits per heavy atom. The van der Waals surface area contributed by atoms with Gasteiger partial charge in [-0.2, -0.15) is 0 Å². The summed E-state index contributed by atoms with van der Waals surface area (Å²) in [5.74, 6) is -0.252. The zero-order chi connectivity index (χ0) is 23.3. The number of nitrogens with zero attached hydrogens (tertiary/aromatic N) is 1. The van der Waals surface area contributed by atoms with E-state index >= 15 is 0 Å². The maximum absolute atomic E-state index is 13.0. The summed E-state index contributed by atoms with van der Waals surface area (Å²) < 4.78 is 31.8. The van der Waals surface area contributed by atoms with Gasteiger partial charge in [0.05, 0.1) is 23.4 Å². The number of hydrogen-bond donors (Lipinski definition) is 1. The summed E-state index contributed by atoms with van der Waals surface area (Å²) in [6, 6.07) is 19.4. The van der Waals surface area contributed by atoms with Gasteiger partial charge in [-0.15, -0.1) is 0 Å². The first-order valence-corrected chi connectivity index (χ1v) is 13.4. The van der Waals surface area contributed by atoms with E-state index in [0.29, 0.717) is 12.4 Å². The second-order valence-electron chi connectivity index (χ2n) is 8.82. The number of para-hydroxylation sites is 1. The molecule has 0 radical (unpaired) electrons. The van der Waals surface area contributed by atoms with E-state index in [4.69, 9.17) is 4.74 Å². The van der Waals surface area contributed by atoms with Gasteiger partial charge in [-0.3, -0.25) is 9.52 Å². The number of ether oxygens (including phenoxy) is 1. The van der Waals surface area contributed by atoms with E-state index in [1.807, 2.05) is 60.7 Å². The van der Waals surface area contributed by atoms with Crippen molar-refractivity contribution in [1.82, 2.24) is 9.71 Å². The summed E-state index contributed by atoms with van der Waals surface area (Å²) in [6.45, 7) is 0.303. The first-order valence-electron chi connectivity index (χ1n) is 11.5. The van der Waals surface area contributed by atoms with Crippen LogP contribution in [0.2, 0.25) is 0 Å². The third-order valence-electron chi connectivity index (χ3n) is 6.20. The van der Waals surface area contributed by atoms with Crippen LogP contribution < -0.4 is 9.46 Å². The minimum atomic E-state index is -3.64. The summed E-state index contributed by atoms with van der Waals surface area (Å²) in [7, 11) is -3.64. The number of sulfonamides is 1. The molecule has 2 aromatic carbocycles.